The van der Waals surface area contributed by atoms with Gasteiger partial charge in [0.1, 0.15) is 10.8 Å². The van der Waals surface area contributed by atoms with E-state index in [2.05, 4.69) is 10.6 Å². The smallest absolute Gasteiger partial charge is 0.259 e. The lowest BCUT2D eigenvalue weighted by Gasteiger charge is -2.18. The van der Waals surface area contributed by atoms with Crippen LogP contribution in [0.25, 0.3) is 0 Å². The molecule has 7 heteroatoms. The standard InChI is InChI=1S/C21H25ClN2O3S/c1-21(2,3)20(26)24-19-17(13-7-5-6-8-16(13)28-19)18(25)23-14-11-12(22)9-10-15(14)27-4/h9-11H,5-8H2,1-4H3,(H,23,25)(H,24,26). The van der Waals surface area contributed by atoms with Crippen LogP contribution < -0.4 is 15.4 Å². The second-order valence-corrected chi connectivity index (χ2v) is 9.46. The minimum atomic E-state index is -0.547. The van der Waals surface area contributed by atoms with Crippen LogP contribution >= 0.6 is 22.9 Å². The van der Waals surface area contributed by atoms with Crippen molar-refractivity contribution in [1.29, 1.82) is 0 Å². The maximum absolute atomic E-state index is 13.2. The lowest BCUT2D eigenvalue weighted by atomic mass is 9.94. The molecular weight excluding hydrogens is 396 g/mol. The number of benzene rings is 1. The van der Waals surface area contributed by atoms with Gasteiger partial charge in [-0.05, 0) is 49.4 Å². The zero-order chi connectivity index (χ0) is 20.5. The van der Waals surface area contributed by atoms with Crippen LogP contribution in [0, 0.1) is 5.41 Å². The normalized spacial score (nSPS) is 13.6. The second kappa shape index (κ2) is 8.13. The van der Waals surface area contributed by atoms with Crippen LogP contribution in [0.2, 0.25) is 5.02 Å². The summed E-state index contributed by atoms with van der Waals surface area (Å²) in [5.41, 5.74) is 1.55. The lowest BCUT2D eigenvalue weighted by molar-refractivity contribution is -0.123. The molecule has 0 unspecified atom stereocenters. The van der Waals surface area contributed by atoms with Gasteiger partial charge in [0.05, 0.1) is 18.4 Å². The van der Waals surface area contributed by atoms with Crippen LogP contribution in [0.4, 0.5) is 10.7 Å². The molecule has 0 saturated heterocycles. The van der Waals surface area contributed by atoms with Crippen LogP contribution in [-0.2, 0) is 17.6 Å². The summed E-state index contributed by atoms with van der Waals surface area (Å²) < 4.78 is 5.33. The number of hydrogen-bond acceptors (Lipinski definition) is 4. The van der Waals surface area contributed by atoms with Crippen molar-refractivity contribution in [2.45, 2.75) is 46.5 Å². The zero-order valence-corrected chi connectivity index (χ0v) is 18.1. The molecule has 0 spiro atoms. The Bertz CT molecular complexity index is 915. The fraction of sp³-hybridized carbons (Fsp3) is 0.429. The molecule has 1 aliphatic carbocycles. The summed E-state index contributed by atoms with van der Waals surface area (Å²) in [6.07, 6.45) is 3.92. The highest BCUT2D eigenvalue weighted by atomic mass is 35.5. The summed E-state index contributed by atoms with van der Waals surface area (Å²) in [5, 5.41) is 7.01. The minimum Gasteiger partial charge on any atom is -0.495 e. The predicted molar refractivity (Wildman–Crippen MR) is 115 cm³/mol. The number of carbonyl (C=O) groups is 2. The monoisotopic (exact) mass is 420 g/mol. The molecule has 150 valence electrons. The van der Waals surface area contributed by atoms with Crippen LogP contribution in [0.3, 0.4) is 0 Å². The van der Waals surface area contributed by atoms with E-state index in [1.165, 1.54) is 16.2 Å². The van der Waals surface area contributed by atoms with E-state index in [1.807, 2.05) is 20.8 Å². The van der Waals surface area contributed by atoms with Crippen LogP contribution in [0.15, 0.2) is 18.2 Å². The third-order valence-corrected chi connectivity index (χ3v) is 6.16. The maximum Gasteiger partial charge on any atom is 0.259 e. The van der Waals surface area contributed by atoms with E-state index >= 15 is 0 Å². The Morgan fingerprint density at radius 1 is 1.14 bits per heavy atom. The van der Waals surface area contributed by atoms with Gasteiger partial charge in [-0.1, -0.05) is 32.4 Å². The van der Waals surface area contributed by atoms with E-state index in [4.69, 9.17) is 16.3 Å². The highest BCUT2D eigenvalue weighted by Gasteiger charge is 2.29. The Kier molecular flexibility index (Phi) is 6.01. The number of nitrogens with one attached hydrogen (secondary N) is 2. The third-order valence-electron chi connectivity index (χ3n) is 4.72. The molecule has 0 bridgehead atoms. The molecule has 1 aliphatic rings. The van der Waals surface area contributed by atoms with E-state index in [9.17, 15) is 9.59 Å². The van der Waals surface area contributed by atoms with Crippen molar-refractivity contribution in [3.05, 3.63) is 39.2 Å². The third kappa shape index (κ3) is 4.33. The summed E-state index contributed by atoms with van der Waals surface area (Å²) in [4.78, 5) is 27.0. The van der Waals surface area contributed by atoms with Gasteiger partial charge in [-0.2, -0.15) is 0 Å². The van der Waals surface area contributed by atoms with Crippen molar-refractivity contribution in [3.63, 3.8) is 0 Å². The first-order valence-corrected chi connectivity index (χ1v) is 10.5. The molecule has 2 amide bonds. The zero-order valence-electron chi connectivity index (χ0n) is 16.6. The van der Waals surface area contributed by atoms with Crippen LogP contribution in [-0.4, -0.2) is 18.9 Å². The lowest BCUT2D eigenvalue weighted by Crippen LogP contribution is -2.28. The Balaban J connectivity index is 1.98. The highest BCUT2D eigenvalue weighted by molar-refractivity contribution is 7.17. The SMILES string of the molecule is COc1ccc(Cl)cc1NC(=O)c1c(NC(=O)C(C)(C)C)sc2c1CCCC2. The molecule has 3 rings (SSSR count). The minimum absolute atomic E-state index is 0.111. The Morgan fingerprint density at radius 3 is 2.54 bits per heavy atom. The van der Waals surface area contributed by atoms with E-state index in [0.717, 1.165) is 31.2 Å². The van der Waals surface area contributed by atoms with Gasteiger partial charge < -0.3 is 15.4 Å². The van der Waals surface area contributed by atoms with Crippen molar-refractivity contribution in [2.75, 3.05) is 17.7 Å². The molecule has 0 saturated carbocycles. The second-order valence-electron chi connectivity index (χ2n) is 7.92. The van der Waals surface area contributed by atoms with Crippen molar-refractivity contribution < 1.29 is 14.3 Å². The summed E-state index contributed by atoms with van der Waals surface area (Å²) in [6.45, 7) is 5.56. The Hall–Kier alpha value is -2.05. The van der Waals surface area contributed by atoms with E-state index in [1.54, 1.807) is 25.3 Å². The molecule has 1 aromatic heterocycles. The van der Waals surface area contributed by atoms with E-state index < -0.39 is 5.41 Å². The molecule has 1 aromatic carbocycles. The number of anilines is 2. The van der Waals surface area contributed by atoms with E-state index in [-0.39, 0.29) is 11.8 Å². The van der Waals surface area contributed by atoms with Gasteiger partial charge in [-0.3, -0.25) is 9.59 Å². The topological polar surface area (TPSA) is 67.4 Å². The number of rotatable bonds is 4. The fourth-order valence-corrected chi connectivity index (χ4v) is 4.60. The first-order valence-electron chi connectivity index (χ1n) is 9.31. The van der Waals surface area contributed by atoms with Crippen LogP contribution in [0.5, 0.6) is 5.75 Å². The van der Waals surface area contributed by atoms with Crippen molar-refractivity contribution >= 4 is 45.4 Å². The summed E-state index contributed by atoms with van der Waals surface area (Å²) >= 11 is 7.59. The molecule has 0 radical (unpaired) electrons. The molecule has 28 heavy (non-hydrogen) atoms. The average molecular weight is 421 g/mol. The first-order chi connectivity index (χ1) is 13.2. The number of methoxy groups -OCH3 is 1. The highest BCUT2D eigenvalue weighted by Crippen LogP contribution is 2.39. The number of fused-ring (bicyclic) bond motifs is 1. The van der Waals surface area contributed by atoms with Crippen molar-refractivity contribution in [3.8, 4) is 5.75 Å². The fourth-order valence-electron chi connectivity index (χ4n) is 3.15. The van der Waals surface area contributed by atoms with Gasteiger partial charge >= 0.3 is 0 Å². The maximum atomic E-state index is 13.2. The molecule has 1 heterocycles. The van der Waals surface area contributed by atoms with Gasteiger partial charge in [-0.15, -0.1) is 11.3 Å². The largest absolute Gasteiger partial charge is 0.495 e. The molecule has 2 N–H and O–H groups in total. The number of hydrogen-bond donors (Lipinski definition) is 2. The quantitative estimate of drug-likeness (QED) is 0.683. The molecule has 5 nitrogen and oxygen atoms in total. The Labute approximate surface area is 174 Å². The van der Waals surface area contributed by atoms with Crippen molar-refractivity contribution in [2.24, 2.45) is 5.41 Å². The summed E-state index contributed by atoms with van der Waals surface area (Å²) in [6, 6.07) is 5.07. The van der Waals surface area contributed by atoms with Crippen LogP contribution in [0.1, 0.15) is 54.4 Å². The number of aryl methyl sites for hydroxylation is 1. The van der Waals surface area contributed by atoms with E-state index in [0.29, 0.717) is 27.0 Å². The van der Waals surface area contributed by atoms with Crippen molar-refractivity contribution in [1.82, 2.24) is 0 Å². The summed E-state index contributed by atoms with van der Waals surface area (Å²) in [5.74, 6) is 0.159. The predicted octanol–water partition coefficient (Wildman–Crippen LogP) is 5.53. The summed E-state index contributed by atoms with van der Waals surface area (Å²) in [7, 11) is 1.54. The van der Waals surface area contributed by atoms with Gasteiger partial charge in [0.25, 0.3) is 5.91 Å². The Morgan fingerprint density at radius 2 is 1.86 bits per heavy atom. The number of carbonyl (C=O) groups excluding carboxylic acids is 2. The van der Waals surface area contributed by atoms with Gasteiger partial charge in [0.2, 0.25) is 5.91 Å². The molecule has 0 fully saturated rings. The van der Waals surface area contributed by atoms with Gasteiger partial charge in [0, 0.05) is 15.3 Å². The number of thiophene rings is 1. The number of amides is 2. The molecular formula is C21H25ClN2O3S. The number of ether oxygens (including phenoxy) is 1. The average Bonchev–Trinajstić information content (AvgIpc) is 2.99. The van der Waals surface area contributed by atoms with Gasteiger partial charge in [0.15, 0.2) is 0 Å². The molecule has 0 aliphatic heterocycles. The molecule has 0 atom stereocenters. The number of halogens is 1. The van der Waals surface area contributed by atoms with Gasteiger partial charge in [-0.25, -0.2) is 0 Å². The first kappa shape index (κ1) is 20.7. The molecule has 2 aromatic rings.